The lowest BCUT2D eigenvalue weighted by Crippen LogP contribution is -2.28. The maximum atomic E-state index is 12.8. The quantitative estimate of drug-likeness (QED) is 0.534. The van der Waals surface area contributed by atoms with Gasteiger partial charge in [-0.1, -0.05) is 12.1 Å². The van der Waals surface area contributed by atoms with E-state index in [0.717, 1.165) is 41.2 Å². The van der Waals surface area contributed by atoms with Crippen LogP contribution < -0.4 is 16.1 Å². The minimum Gasteiger partial charge on any atom is -0.393 e. The van der Waals surface area contributed by atoms with Gasteiger partial charge < -0.3 is 15.5 Å². The molecular formula is C20H20N6OS. The number of anilines is 2. The molecule has 0 radical (unpaired) electrons. The number of benzene rings is 1. The van der Waals surface area contributed by atoms with Gasteiger partial charge in [0.05, 0.1) is 15.6 Å². The number of para-hydroxylation sites is 1. The summed E-state index contributed by atoms with van der Waals surface area (Å²) in [5.74, 6) is 2.04. The van der Waals surface area contributed by atoms with Crippen molar-refractivity contribution in [2.45, 2.75) is 0 Å². The van der Waals surface area contributed by atoms with Gasteiger partial charge >= 0.3 is 0 Å². The van der Waals surface area contributed by atoms with Crippen molar-refractivity contribution in [2.75, 3.05) is 43.9 Å². The molecule has 0 aliphatic carbocycles. The largest absolute Gasteiger partial charge is 0.393 e. The Balaban J connectivity index is 1.57. The topological polar surface area (TPSA) is 79.8 Å². The molecule has 2 saturated heterocycles. The fraction of sp³-hybridized carbons (Fsp3) is 0.350. The Morgan fingerprint density at radius 2 is 1.89 bits per heavy atom. The van der Waals surface area contributed by atoms with Crippen LogP contribution in [0.2, 0.25) is 0 Å². The lowest BCUT2D eigenvalue weighted by Gasteiger charge is -2.19. The van der Waals surface area contributed by atoms with Crippen molar-refractivity contribution >= 4 is 49.1 Å². The molecule has 5 heterocycles. The first-order valence-corrected chi connectivity index (χ1v) is 10.3. The average molecular weight is 392 g/mol. The predicted octanol–water partition coefficient (Wildman–Crippen LogP) is 2.04. The summed E-state index contributed by atoms with van der Waals surface area (Å²) in [5.41, 5.74) is 7.93. The van der Waals surface area contributed by atoms with E-state index in [1.165, 1.54) is 11.3 Å². The van der Waals surface area contributed by atoms with Gasteiger partial charge in [0.15, 0.2) is 5.65 Å². The van der Waals surface area contributed by atoms with Gasteiger partial charge in [0.25, 0.3) is 0 Å². The highest BCUT2D eigenvalue weighted by molar-refractivity contribution is 7.24. The Labute approximate surface area is 165 Å². The first-order chi connectivity index (χ1) is 13.6. The Kier molecular flexibility index (Phi) is 3.28. The van der Waals surface area contributed by atoms with Crippen LogP contribution in [-0.2, 0) is 0 Å². The first-order valence-electron chi connectivity index (χ1n) is 9.52. The van der Waals surface area contributed by atoms with Crippen molar-refractivity contribution in [3.05, 3.63) is 40.7 Å². The van der Waals surface area contributed by atoms with Crippen molar-refractivity contribution in [1.29, 1.82) is 0 Å². The average Bonchev–Trinajstić information content (AvgIpc) is 3.36. The van der Waals surface area contributed by atoms with Crippen molar-refractivity contribution in [2.24, 2.45) is 11.8 Å². The van der Waals surface area contributed by atoms with Crippen molar-refractivity contribution < 1.29 is 0 Å². The summed E-state index contributed by atoms with van der Waals surface area (Å²) in [4.78, 5) is 27.7. The van der Waals surface area contributed by atoms with Gasteiger partial charge in [-0.15, -0.1) is 11.3 Å². The molecule has 4 aromatic rings. The van der Waals surface area contributed by atoms with Gasteiger partial charge in [-0.05, 0) is 31.0 Å². The molecule has 3 aromatic heterocycles. The maximum Gasteiger partial charge on any atom is 0.227 e. The van der Waals surface area contributed by atoms with E-state index >= 15 is 0 Å². The van der Waals surface area contributed by atoms with Gasteiger partial charge in [0, 0.05) is 32.4 Å². The molecule has 8 heteroatoms. The van der Waals surface area contributed by atoms with Gasteiger partial charge in [0.2, 0.25) is 11.4 Å². The molecule has 6 rings (SSSR count). The molecular weight excluding hydrogens is 372 g/mol. The predicted molar refractivity (Wildman–Crippen MR) is 113 cm³/mol. The molecule has 0 bridgehead atoms. The molecule has 2 aliphatic rings. The second-order valence-corrected chi connectivity index (χ2v) is 9.04. The number of nitrogens with two attached hydrogens (primary N) is 1. The molecule has 2 N–H and O–H groups in total. The number of nitrogens with zero attached hydrogens (tertiary/aromatic N) is 5. The third-order valence-electron chi connectivity index (χ3n) is 6.15. The zero-order valence-electron chi connectivity index (χ0n) is 15.5. The third-order valence-corrected chi connectivity index (χ3v) is 7.32. The van der Waals surface area contributed by atoms with Crippen LogP contribution in [0.3, 0.4) is 0 Å². The van der Waals surface area contributed by atoms with E-state index in [2.05, 4.69) is 21.8 Å². The number of pyridine rings is 1. The Bertz CT molecular complexity index is 1300. The number of hydrogen-bond acceptors (Lipinski definition) is 7. The number of aromatic nitrogens is 3. The number of rotatable bonds is 1. The third kappa shape index (κ3) is 2.15. The van der Waals surface area contributed by atoms with Gasteiger partial charge in [-0.2, -0.15) is 4.98 Å². The van der Waals surface area contributed by atoms with Gasteiger partial charge in [-0.3, -0.25) is 9.20 Å². The Hall–Kier alpha value is -2.71. The van der Waals surface area contributed by atoms with Crippen molar-refractivity contribution in [3.8, 4) is 0 Å². The molecule has 142 valence electrons. The van der Waals surface area contributed by atoms with E-state index in [-0.39, 0.29) is 11.1 Å². The monoisotopic (exact) mass is 392 g/mol. The Morgan fingerprint density at radius 3 is 2.68 bits per heavy atom. The molecule has 2 aliphatic heterocycles. The van der Waals surface area contributed by atoms with Crippen LogP contribution in [0.4, 0.5) is 11.6 Å². The van der Waals surface area contributed by atoms with E-state index in [0.29, 0.717) is 28.8 Å². The van der Waals surface area contributed by atoms with E-state index in [4.69, 9.17) is 10.7 Å². The summed E-state index contributed by atoms with van der Waals surface area (Å²) in [5, 5.41) is 0.474. The van der Waals surface area contributed by atoms with Gasteiger partial charge in [0.1, 0.15) is 10.5 Å². The van der Waals surface area contributed by atoms with E-state index in [1.807, 2.05) is 28.7 Å². The maximum absolute atomic E-state index is 12.8. The van der Waals surface area contributed by atoms with Crippen LogP contribution in [-0.4, -0.2) is 52.5 Å². The van der Waals surface area contributed by atoms with Crippen LogP contribution in [0, 0.1) is 11.8 Å². The van der Waals surface area contributed by atoms with Crippen LogP contribution >= 0.6 is 11.3 Å². The molecule has 28 heavy (non-hydrogen) atoms. The summed E-state index contributed by atoms with van der Waals surface area (Å²) in [6.45, 7) is 4.20. The highest BCUT2D eigenvalue weighted by atomic mass is 32.1. The smallest absolute Gasteiger partial charge is 0.227 e. The van der Waals surface area contributed by atoms with Gasteiger partial charge in [-0.25, -0.2) is 4.98 Å². The van der Waals surface area contributed by atoms with E-state index in [1.54, 1.807) is 6.20 Å². The summed E-state index contributed by atoms with van der Waals surface area (Å²) in [7, 11) is 2.18. The Morgan fingerprint density at radius 1 is 1.14 bits per heavy atom. The lowest BCUT2D eigenvalue weighted by molar-refractivity contribution is 0.386. The van der Waals surface area contributed by atoms with Crippen LogP contribution in [0.25, 0.3) is 26.1 Å². The van der Waals surface area contributed by atoms with Crippen LogP contribution in [0.15, 0.2) is 35.3 Å². The van der Waals surface area contributed by atoms with Crippen molar-refractivity contribution in [3.63, 3.8) is 0 Å². The minimum atomic E-state index is -0.187. The number of likely N-dealkylation sites (tertiary alicyclic amines) is 1. The van der Waals surface area contributed by atoms with Crippen LogP contribution in [0.1, 0.15) is 0 Å². The second kappa shape index (κ2) is 5.65. The highest BCUT2D eigenvalue weighted by Crippen LogP contribution is 2.34. The highest BCUT2D eigenvalue weighted by Gasteiger charge is 2.39. The zero-order chi connectivity index (χ0) is 19.0. The molecule has 2 atom stereocenters. The normalized spacial score (nSPS) is 22.7. The molecule has 0 spiro atoms. The number of hydrogen-bond donors (Lipinski definition) is 1. The standard InChI is InChI=1S/C20H20N6OS/c1-24-7-11-9-25(10-12(11)8-24)20-22-6-13-17(27)16(21)19-26(18(13)23-20)14-4-2-3-5-15(14)28-19/h2-6,11-12H,7-10,21H2,1H3/t11-,12+. The molecule has 0 amide bonds. The first kappa shape index (κ1) is 16.3. The summed E-state index contributed by atoms with van der Waals surface area (Å²) < 4.78 is 3.10. The van der Waals surface area contributed by atoms with Crippen LogP contribution in [0.5, 0.6) is 0 Å². The van der Waals surface area contributed by atoms with E-state index < -0.39 is 0 Å². The molecule has 7 nitrogen and oxygen atoms in total. The van der Waals surface area contributed by atoms with Crippen molar-refractivity contribution in [1.82, 2.24) is 19.3 Å². The molecule has 0 saturated carbocycles. The second-order valence-electron chi connectivity index (χ2n) is 8.01. The minimum absolute atomic E-state index is 0.187. The summed E-state index contributed by atoms with van der Waals surface area (Å²) >= 11 is 1.53. The number of fused-ring (bicyclic) bond motifs is 6. The number of thiazole rings is 1. The van der Waals surface area contributed by atoms with E-state index in [9.17, 15) is 4.79 Å². The number of nitrogen functional groups attached to an aromatic ring is 1. The molecule has 2 fully saturated rings. The lowest BCUT2D eigenvalue weighted by atomic mass is 10.0. The zero-order valence-corrected chi connectivity index (χ0v) is 16.3. The molecule has 0 unspecified atom stereocenters. The summed E-state index contributed by atoms with van der Waals surface area (Å²) in [6, 6.07) is 8.08. The fourth-order valence-corrected chi connectivity index (χ4v) is 5.95. The fourth-order valence-electron chi connectivity index (χ4n) is 4.85. The summed E-state index contributed by atoms with van der Waals surface area (Å²) in [6.07, 6.45) is 1.65. The molecule has 1 aromatic carbocycles. The SMILES string of the molecule is CN1C[C@@H]2CN(c3ncc4c(=O)c(N)c5sc6ccccc6n5c4n3)C[C@@H]2C1.